The first-order valence-corrected chi connectivity index (χ1v) is 6.73. The molecule has 0 radical (unpaired) electrons. The maximum Gasteiger partial charge on any atom is 0.183 e. The Balaban J connectivity index is 3.92. The van der Waals surface area contributed by atoms with Gasteiger partial charge in [0.25, 0.3) is 0 Å². The lowest BCUT2D eigenvalue weighted by Crippen LogP contribution is -1.91. The molecule has 0 aromatic carbocycles. The molecule has 0 heterocycles. The quantitative estimate of drug-likeness (QED) is 0.786. The topological polar surface area (TPSA) is 29.5 Å². The largest absolute Gasteiger partial charge is 0.345 e. The van der Waals surface area contributed by atoms with Crippen LogP contribution in [-0.2, 0) is 16.3 Å². The van der Waals surface area contributed by atoms with E-state index in [2.05, 4.69) is 11.8 Å². The number of halogens is 3. The van der Waals surface area contributed by atoms with Crippen LogP contribution in [0.1, 0.15) is 0 Å². The highest BCUT2D eigenvalue weighted by Crippen LogP contribution is 2.38. The van der Waals surface area contributed by atoms with Crippen molar-refractivity contribution in [1.29, 1.82) is 0 Å². The third-order valence-electron chi connectivity index (χ3n) is 0.636. The van der Waals surface area contributed by atoms with Crippen molar-refractivity contribution in [2.24, 2.45) is 0 Å². The molecule has 11 heavy (non-hydrogen) atoms. The van der Waals surface area contributed by atoms with Crippen LogP contribution in [0.3, 0.4) is 0 Å². The van der Waals surface area contributed by atoms with Gasteiger partial charge in [0, 0.05) is 6.66 Å². The van der Waals surface area contributed by atoms with Gasteiger partial charge in [-0.1, -0.05) is 34.8 Å². The summed E-state index contributed by atoms with van der Waals surface area (Å²) in [6.45, 7) is -1.30. The summed E-state index contributed by atoms with van der Waals surface area (Å²) in [5.41, 5.74) is 0. The molecule has 0 bridgehead atoms. The van der Waals surface area contributed by atoms with Crippen LogP contribution in [0, 0.1) is 0 Å². The molecule has 0 aliphatic rings. The van der Waals surface area contributed by atoms with Gasteiger partial charge in [0.2, 0.25) is 0 Å². The van der Waals surface area contributed by atoms with Gasteiger partial charge >= 0.3 is 0 Å². The van der Waals surface area contributed by atoms with E-state index in [1.165, 1.54) is 6.66 Å². The highest BCUT2D eigenvalue weighted by atomic mass is 35.5. The molecule has 2 nitrogen and oxygen atoms in total. The van der Waals surface area contributed by atoms with E-state index in [9.17, 15) is 0 Å². The van der Waals surface area contributed by atoms with Crippen molar-refractivity contribution in [2.75, 3.05) is 13.3 Å². The van der Waals surface area contributed by atoms with E-state index in [0.29, 0.717) is 0 Å². The third-order valence-corrected chi connectivity index (χ3v) is 2.51. The van der Waals surface area contributed by atoms with Gasteiger partial charge in [0.05, 0.1) is 11.6 Å². The Morgan fingerprint density at radius 2 is 2.00 bits per heavy atom. The highest BCUT2D eigenvalue weighted by Gasteiger charge is 2.06. The fraction of sp³-hybridized carbons (Fsp3) is 0.500. The van der Waals surface area contributed by atoms with Crippen molar-refractivity contribution in [1.82, 2.24) is 0 Å². The Hall–Kier alpha value is 1.18. The first kappa shape index (κ1) is 12.2. The fourth-order valence-electron chi connectivity index (χ4n) is 0.231. The van der Waals surface area contributed by atoms with Crippen molar-refractivity contribution in [3.05, 3.63) is 9.52 Å². The van der Waals surface area contributed by atoms with Crippen LogP contribution in [0.2, 0.25) is 0 Å². The Bertz CT molecular complexity index is 207. The molecule has 0 rings (SSSR count). The number of hydrogen-bond acceptors (Lipinski definition) is 2. The van der Waals surface area contributed by atoms with Crippen LogP contribution in [0.15, 0.2) is 9.52 Å². The SMILES string of the molecule is CP(O)(=S)OCC(Cl)=C(Cl)Cl. The van der Waals surface area contributed by atoms with Gasteiger partial charge < -0.3 is 9.42 Å². The van der Waals surface area contributed by atoms with Crippen molar-refractivity contribution < 1.29 is 9.42 Å². The molecular weight excluding hydrogens is 249 g/mol. The second-order valence-electron chi connectivity index (χ2n) is 1.74. The summed E-state index contributed by atoms with van der Waals surface area (Å²) in [5.74, 6) is 0. The molecule has 0 aromatic heterocycles. The van der Waals surface area contributed by atoms with Crippen molar-refractivity contribution in [3.63, 3.8) is 0 Å². The molecule has 0 fully saturated rings. The average molecular weight is 255 g/mol. The van der Waals surface area contributed by atoms with Gasteiger partial charge in [-0.3, -0.25) is 0 Å². The summed E-state index contributed by atoms with van der Waals surface area (Å²) in [4.78, 5) is 8.98. The smallest absolute Gasteiger partial charge is 0.183 e. The Morgan fingerprint density at radius 1 is 1.55 bits per heavy atom. The third kappa shape index (κ3) is 7.54. The molecule has 0 spiro atoms. The zero-order valence-corrected chi connectivity index (χ0v) is 9.53. The fourth-order valence-corrected chi connectivity index (χ4v) is 0.997. The van der Waals surface area contributed by atoms with E-state index in [1.807, 2.05) is 0 Å². The zero-order valence-electron chi connectivity index (χ0n) is 5.55. The maximum atomic E-state index is 8.98. The van der Waals surface area contributed by atoms with Gasteiger partial charge in [0.15, 0.2) is 6.49 Å². The standard InChI is InChI=1S/C4H6Cl3O2PS/c1-10(8,11)9-2-3(5)4(6)7/h2H2,1H3,(H,8,11). The minimum atomic E-state index is -2.66. The lowest BCUT2D eigenvalue weighted by Gasteiger charge is -2.08. The van der Waals surface area contributed by atoms with Gasteiger partial charge in [-0.25, -0.2) is 0 Å². The predicted octanol–water partition coefficient (Wildman–Crippen LogP) is 2.82. The van der Waals surface area contributed by atoms with E-state index in [-0.39, 0.29) is 16.1 Å². The van der Waals surface area contributed by atoms with E-state index >= 15 is 0 Å². The van der Waals surface area contributed by atoms with Crippen molar-refractivity contribution in [2.45, 2.75) is 0 Å². The first-order chi connectivity index (χ1) is 4.83. The van der Waals surface area contributed by atoms with Crippen molar-refractivity contribution in [3.8, 4) is 0 Å². The van der Waals surface area contributed by atoms with Crippen LogP contribution in [0.5, 0.6) is 0 Å². The number of rotatable bonds is 3. The maximum absolute atomic E-state index is 8.98. The van der Waals surface area contributed by atoms with E-state index in [4.69, 9.17) is 44.2 Å². The molecular formula is C4H6Cl3O2PS. The van der Waals surface area contributed by atoms with E-state index in [1.54, 1.807) is 0 Å². The molecule has 7 heteroatoms. The molecule has 1 N–H and O–H groups in total. The van der Waals surface area contributed by atoms with Crippen LogP contribution in [-0.4, -0.2) is 18.2 Å². The molecule has 66 valence electrons. The Kier molecular flexibility index (Phi) is 5.57. The lowest BCUT2D eigenvalue weighted by atomic mass is 10.7. The predicted molar refractivity (Wildman–Crippen MR) is 53.0 cm³/mol. The van der Waals surface area contributed by atoms with Gasteiger partial charge in [-0.15, -0.1) is 0 Å². The number of hydrogen-bond donors (Lipinski definition) is 1. The van der Waals surface area contributed by atoms with Crippen LogP contribution >= 0.6 is 41.3 Å². The normalized spacial score (nSPS) is 15.7. The van der Waals surface area contributed by atoms with Crippen LogP contribution < -0.4 is 0 Å². The molecule has 1 unspecified atom stereocenters. The first-order valence-electron chi connectivity index (χ1n) is 2.47. The monoisotopic (exact) mass is 254 g/mol. The molecule has 0 saturated heterocycles. The summed E-state index contributed by atoms with van der Waals surface area (Å²) in [7, 11) is 0. The Labute approximate surface area is 85.3 Å². The van der Waals surface area contributed by atoms with E-state index < -0.39 is 6.49 Å². The van der Waals surface area contributed by atoms with Crippen LogP contribution in [0.25, 0.3) is 0 Å². The molecule has 0 amide bonds. The summed E-state index contributed by atoms with van der Waals surface area (Å²) < 4.78 is 4.70. The second kappa shape index (κ2) is 5.03. The lowest BCUT2D eigenvalue weighted by molar-refractivity contribution is 0.348. The second-order valence-corrected chi connectivity index (χ2v) is 7.04. The summed E-state index contributed by atoms with van der Waals surface area (Å²) in [5, 5.41) is 0.137. The van der Waals surface area contributed by atoms with E-state index in [0.717, 1.165) is 0 Å². The summed E-state index contributed by atoms with van der Waals surface area (Å²) in [6.07, 6.45) is 0. The average Bonchev–Trinajstić information content (AvgIpc) is 1.80. The minimum absolute atomic E-state index is 0.0475. The molecule has 0 aliphatic carbocycles. The zero-order chi connectivity index (χ0) is 9.07. The molecule has 0 saturated carbocycles. The summed E-state index contributed by atoms with van der Waals surface area (Å²) >= 11 is 20.6. The van der Waals surface area contributed by atoms with Gasteiger partial charge in [-0.2, -0.15) is 0 Å². The highest BCUT2D eigenvalue weighted by molar-refractivity contribution is 8.09. The minimum Gasteiger partial charge on any atom is -0.345 e. The molecule has 1 atom stereocenters. The van der Waals surface area contributed by atoms with Gasteiger partial charge in [0.1, 0.15) is 4.49 Å². The summed E-state index contributed by atoms with van der Waals surface area (Å²) in [6, 6.07) is 0. The molecule has 0 aliphatic heterocycles. The van der Waals surface area contributed by atoms with Gasteiger partial charge in [-0.05, 0) is 11.8 Å². The molecule has 0 aromatic rings. The van der Waals surface area contributed by atoms with Crippen molar-refractivity contribution >= 4 is 53.1 Å². The Morgan fingerprint density at radius 3 is 2.27 bits per heavy atom. The van der Waals surface area contributed by atoms with Crippen LogP contribution in [0.4, 0.5) is 0 Å².